The summed E-state index contributed by atoms with van der Waals surface area (Å²) in [5, 5.41) is 4.75. The Kier molecular flexibility index (Phi) is 4.45. The summed E-state index contributed by atoms with van der Waals surface area (Å²) in [5.74, 6) is -0.657. The summed E-state index contributed by atoms with van der Waals surface area (Å²) in [6.07, 6.45) is 1.49. The van der Waals surface area contributed by atoms with E-state index >= 15 is 0 Å². The summed E-state index contributed by atoms with van der Waals surface area (Å²) in [6, 6.07) is 21.0. The molecule has 0 N–H and O–H groups in total. The van der Waals surface area contributed by atoms with E-state index in [1.807, 2.05) is 35.7 Å². The molecule has 0 saturated heterocycles. The van der Waals surface area contributed by atoms with Crippen molar-refractivity contribution in [1.29, 1.82) is 0 Å². The van der Waals surface area contributed by atoms with Crippen LogP contribution in [0.4, 0.5) is 0 Å². The molecule has 33 heavy (non-hydrogen) atoms. The van der Waals surface area contributed by atoms with Crippen LogP contribution in [-0.2, 0) is 6.54 Å². The number of rotatable bonds is 4. The highest BCUT2D eigenvalue weighted by molar-refractivity contribution is 7.17. The molecular weight excluding hydrogens is 434 g/mol. The van der Waals surface area contributed by atoms with E-state index in [1.54, 1.807) is 24.3 Å². The van der Waals surface area contributed by atoms with E-state index in [-0.39, 0.29) is 30.5 Å². The number of hydrogen-bond acceptors (Lipinski definition) is 5. The molecule has 7 heteroatoms. The molecule has 160 valence electrons. The Morgan fingerprint density at radius 2 is 1.45 bits per heavy atom. The van der Waals surface area contributed by atoms with Crippen LogP contribution in [0.1, 0.15) is 20.7 Å². The van der Waals surface area contributed by atoms with Crippen molar-refractivity contribution < 1.29 is 9.59 Å². The summed E-state index contributed by atoms with van der Waals surface area (Å²) in [7, 11) is 0. The number of amides is 2. The fraction of sp³-hybridized carbons (Fsp3) is 0.0769. The SMILES string of the molecule is O=C1c2ccccc2C(=O)N1CCn1cnc2scc(-c3ccc4ccccc4c3)c2c1=O. The number of benzene rings is 3. The van der Waals surface area contributed by atoms with Crippen LogP contribution < -0.4 is 5.56 Å². The van der Waals surface area contributed by atoms with E-state index in [9.17, 15) is 14.4 Å². The second kappa shape index (κ2) is 7.50. The van der Waals surface area contributed by atoms with Crippen molar-refractivity contribution in [2.24, 2.45) is 0 Å². The highest BCUT2D eigenvalue weighted by Crippen LogP contribution is 2.32. The molecule has 3 aromatic carbocycles. The second-order valence-electron chi connectivity index (χ2n) is 7.94. The number of fused-ring (bicyclic) bond motifs is 3. The third-order valence-corrected chi connectivity index (χ3v) is 6.95. The van der Waals surface area contributed by atoms with Crippen LogP contribution in [0.2, 0.25) is 0 Å². The van der Waals surface area contributed by atoms with Crippen molar-refractivity contribution in [1.82, 2.24) is 14.5 Å². The summed E-state index contributed by atoms with van der Waals surface area (Å²) in [6.45, 7) is 0.287. The van der Waals surface area contributed by atoms with Crippen molar-refractivity contribution in [2.45, 2.75) is 6.54 Å². The van der Waals surface area contributed by atoms with E-state index in [0.717, 1.165) is 21.9 Å². The lowest BCUT2D eigenvalue weighted by Gasteiger charge is -2.14. The fourth-order valence-electron chi connectivity index (χ4n) is 4.35. The highest BCUT2D eigenvalue weighted by Gasteiger charge is 2.34. The summed E-state index contributed by atoms with van der Waals surface area (Å²) in [4.78, 5) is 45.0. The topological polar surface area (TPSA) is 72.3 Å². The minimum Gasteiger partial charge on any atom is -0.297 e. The molecule has 0 saturated carbocycles. The van der Waals surface area contributed by atoms with Gasteiger partial charge in [0, 0.05) is 24.0 Å². The zero-order valence-electron chi connectivity index (χ0n) is 17.4. The van der Waals surface area contributed by atoms with Crippen molar-refractivity contribution in [3.63, 3.8) is 0 Å². The summed E-state index contributed by atoms with van der Waals surface area (Å²) >= 11 is 1.43. The van der Waals surface area contributed by atoms with E-state index in [2.05, 4.69) is 17.1 Å². The predicted molar refractivity (Wildman–Crippen MR) is 129 cm³/mol. The minimum atomic E-state index is -0.329. The van der Waals surface area contributed by atoms with Gasteiger partial charge in [0.25, 0.3) is 17.4 Å². The van der Waals surface area contributed by atoms with Crippen molar-refractivity contribution in [3.8, 4) is 11.1 Å². The number of nitrogens with zero attached hydrogens (tertiary/aromatic N) is 3. The zero-order valence-corrected chi connectivity index (χ0v) is 18.2. The molecule has 0 fully saturated rings. The Balaban J connectivity index is 1.34. The number of carbonyl (C=O) groups excluding carboxylic acids is 2. The maximum absolute atomic E-state index is 13.4. The van der Waals surface area contributed by atoms with Gasteiger partial charge in [0.05, 0.1) is 22.8 Å². The van der Waals surface area contributed by atoms with Gasteiger partial charge in [-0.3, -0.25) is 23.9 Å². The Bertz CT molecular complexity index is 1620. The van der Waals surface area contributed by atoms with Crippen LogP contribution >= 0.6 is 11.3 Å². The van der Waals surface area contributed by atoms with E-state index < -0.39 is 0 Å². The molecule has 0 aliphatic carbocycles. The predicted octanol–water partition coefficient (Wildman–Crippen LogP) is 4.57. The van der Waals surface area contributed by atoms with Gasteiger partial charge < -0.3 is 0 Å². The zero-order chi connectivity index (χ0) is 22.5. The normalized spacial score (nSPS) is 13.3. The van der Waals surface area contributed by atoms with Gasteiger partial charge in [-0.05, 0) is 34.5 Å². The third kappa shape index (κ3) is 3.08. The first kappa shape index (κ1) is 19.6. The molecule has 0 unspecified atom stereocenters. The molecule has 0 atom stereocenters. The highest BCUT2D eigenvalue weighted by atomic mass is 32.1. The molecule has 3 heterocycles. The molecule has 1 aliphatic heterocycles. The number of hydrogen-bond donors (Lipinski definition) is 0. The Morgan fingerprint density at radius 3 is 2.21 bits per heavy atom. The van der Waals surface area contributed by atoms with Crippen LogP contribution in [0.5, 0.6) is 0 Å². The second-order valence-corrected chi connectivity index (χ2v) is 8.80. The Labute approximate surface area is 192 Å². The van der Waals surface area contributed by atoms with Crippen LogP contribution in [0.25, 0.3) is 32.1 Å². The number of aromatic nitrogens is 2. The van der Waals surface area contributed by atoms with Gasteiger partial charge in [-0.25, -0.2) is 4.98 Å². The maximum atomic E-state index is 13.4. The molecule has 0 radical (unpaired) electrons. The minimum absolute atomic E-state index is 0.106. The summed E-state index contributed by atoms with van der Waals surface area (Å²) in [5.41, 5.74) is 2.42. The Hall–Kier alpha value is -4.10. The molecule has 5 aromatic rings. The molecule has 0 bridgehead atoms. The number of thiophene rings is 1. The molecule has 0 spiro atoms. The van der Waals surface area contributed by atoms with Gasteiger partial charge in [-0.15, -0.1) is 11.3 Å². The van der Waals surface area contributed by atoms with Gasteiger partial charge in [-0.1, -0.05) is 48.5 Å². The monoisotopic (exact) mass is 451 g/mol. The van der Waals surface area contributed by atoms with Gasteiger partial charge in [0.15, 0.2) is 0 Å². The standard InChI is InChI=1S/C26H17N3O3S/c30-24-19-7-3-4-8-20(19)25(31)29(24)12-11-28-15-27-23-22(26(28)32)21(14-33-23)18-10-9-16-5-1-2-6-17(16)13-18/h1-10,13-15H,11-12H2. The van der Waals surface area contributed by atoms with Crippen molar-refractivity contribution >= 4 is 44.1 Å². The molecule has 6 rings (SSSR count). The van der Waals surface area contributed by atoms with Gasteiger partial charge in [0.2, 0.25) is 0 Å². The smallest absolute Gasteiger partial charge is 0.262 e. The van der Waals surface area contributed by atoms with Crippen LogP contribution in [0.3, 0.4) is 0 Å². The first-order chi connectivity index (χ1) is 16.1. The first-order valence-corrected chi connectivity index (χ1v) is 11.4. The van der Waals surface area contributed by atoms with E-state index in [1.165, 1.54) is 27.1 Å². The molecule has 2 amide bonds. The average Bonchev–Trinajstić information content (AvgIpc) is 3.39. The van der Waals surface area contributed by atoms with Gasteiger partial charge >= 0.3 is 0 Å². The number of carbonyl (C=O) groups is 2. The van der Waals surface area contributed by atoms with Crippen molar-refractivity contribution in [3.05, 3.63) is 99.9 Å². The molecule has 2 aromatic heterocycles. The number of imide groups is 1. The molecule has 6 nitrogen and oxygen atoms in total. The fourth-order valence-corrected chi connectivity index (χ4v) is 5.25. The molecular formula is C26H17N3O3S. The van der Waals surface area contributed by atoms with Gasteiger partial charge in [0.1, 0.15) is 4.83 Å². The van der Waals surface area contributed by atoms with Crippen LogP contribution in [0.15, 0.2) is 83.2 Å². The van der Waals surface area contributed by atoms with Crippen LogP contribution in [-0.4, -0.2) is 32.8 Å². The van der Waals surface area contributed by atoms with E-state index in [0.29, 0.717) is 21.3 Å². The lowest BCUT2D eigenvalue weighted by molar-refractivity contribution is 0.0648. The maximum Gasteiger partial charge on any atom is 0.262 e. The third-order valence-electron chi connectivity index (χ3n) is 6.06. The quantitative estimate of drug-likeness (QED) is 0.375. The average molecular weight is 452 g/mol. The van der Waals surface area contributed by atoms with E-state index in [4.69, 9.17) is 0 Å². The Morgan fingerprint density at radius 1 is 0.758 bits per heavy atom. The molecule has 1 aliphatic rings. The summed E-state index contributed by atoms with van der Waals surface area (Å²) < 4.78 is 1.48. The van der Waals surface area contributed by atoms with Crippen LogP contribution in [0, 0.1) is 0 Å². The lowest BCUT2D eigenvalue weighted by atomic mass is 10.0. The lowest BCUT2D eigenvalue weighted by Crippen LogP contribution is -2.35. The first-order valence-electron chi connectivity index (χ1n) is 10.5. The van der Waals surface area contributed by atoms with Crippen molar-refractivity contribution in [2.75, 3.05) is 6.54 Å². The largest absolute Gasteiger partial charge is 0.297 e. The van der Waals surface area contributed by atoms with Gasteiger partial charge in [-0.2, -0.15) is 0 Å².